The van der Waals surface area contributed by atoms with Crippen LogP contribution in [0.1, 0.15) is 11.1 Å². The molecule has 6 heteroatoms. The van der Waals surface area contributed by atoms with E-state index in [1.54, 1.807) is 30.3 Å². The number of halogens is 1. The van der Waals surface area contributed by atoms with Gasteiger partial charge in [-0.1, -0.05) is 17.7 Å². The lowest BCUT2D eigenvalue weighted by molar-refractivity contribution is 0.596. The maximum Gasteiger partial charge on any atom is 0.249 e. The Kier molecular flexibility index (Phi) is 3.78. The number of aryl methyl sites for hydroxylation is 2. The van der Waals surface area contributed by atoms with Crippen LogP contribution in [0.25, 0.3) is 10.9 Å². The number of hydrogen-bond acceptors (Lipinski definition) is 3. The smallest absolute Gasteiger partial charge is 0.249 e. The summed E-state index contributed by atoms with van der Waals surface area (Å²) in [5.74, 6) is 0. The van der Waals surface area contributed by atoms with Crippen LogP contribution in [0, 0.1) is 13.8 Å². The maximum absolute atomic E-state index is 13.0. The third-order valence-electron chi connectivity index (χ3n) is 3.56. The van der Waals surface area contributed by atoms with E-state index in [1.165, 1.54) is 0 Å². The predicted octanol–water partition coefficient (Wildman–Crippen LogP) is 3.63. The molecule has 0 bridgehead atoms. The van der Waals surface area contributed by atoms with Gasteiger partial charge in [0.2, 0.25) is 15.4 Å². The number of aromatic amines is 1. The first-order valence-electron chi connectivity index (χ1n) is 6.93. The maximum atomic E-state index is 13.0. The molecule has 0 atom stereocenters. The van der Waals surface area contributed by atoms with Gasteiger partial charge >= 0.3 is 0 Å². The number of H-pyrrole nitrogens is 1. The quantitative estimate of drug-likeness (QED) is 0.769. The highest BCUT2D eigenvalue weighted by molar-refractivity contribution is 7.91. The summed E-state index contributed by atoms with van der Waals surface area (Å²) in [7, 11) is -3.83. The van der Waals surface area contributed by atoms with Crippen molar-refractivity contribution >= 4 is 32.3 Å². The Morgan fingerprint density at radius 1 is 0.957 bits per heavy atom. The SMILES string of the molecule is Cc1cc(C)cc(S(=O)(=O)c2cc(=O)[nH]c3ccc(Cl)cc23)c1. The number of nitrogens with one attached hydrogen (secondary N) is 1. The summed E-state index contributed by atoms with van der Waals surface area (Å²) in [4.78, 5) is 14.6. The molecule has 4 nitrogen and oxygen atoms in total. The van der Waals surface area contributed by atoms with Crippen LogP contribution in [-0.2, 0) is 9.84 Å². The van der Waals surface area contributed by atoms with Crippen molar-refractivity contribution in [3.63, 3.8) is 0 Å². The van der Waals surface area contributed by atoms with Crippen molar-refractivity contribution in [2.75, 3.05) is 0 Å². The van der Waals surface area contributed by atoms with Gasteiger partial charge in [0.05, 0.1) is 9.79 Å². The third kappa shape index (κ3) is 2.90. The molecule has 0 aliphatic heterocycles. The van der Waals surface area contributed by atoms with Gasteiger partial charge in [-0.15, -0.1) is 0 Å². The molecule has 3 rings (SSSR count). The topological polar surface area (TPSA) is 67.0 Å². The molecule has 0 saturated carbocycles. The van der Waals surface area contributed by atoms with Gasteiger partial charge in [-0.3, -0.25) is 4.79 Å². The lowest BCUT2D eigenvalue weighted by atomic mass is 10.2. The van der Waals surface area contributed by atoms with Crippen LogP contribution in [0.2, 0.25) is 5.02 Å². The fraction of sp³-hybridized carbons (Fsp3) is 0.118. The summed E-state index contributed by atoms with van der Waals surface area (Å²) in [6.45, 7) is 3.66. The molecule has 0 aliphatic carbocycles. The van der Waals surface area contributed by atoms with Gasteiger partial charge in [0.1, 0.15) is 0 Å². The van der Waals surface area contributed by atoms with E-state index in [-0.39, 0.29) is 9.79 Å². The summed E-state index contributed by atoms with van der Waals surface area (Å²) in [5, 5.41) is 0.803. The van der Waals surface area contributed by atoms with Gasteiger partial charge in [-0.2, -0.15) is 0 Å². The van der Waals surface area contributed by atoms with Crippen LogP contribution in [0.3, 0.4) is 0 Å². The second kappa shape index (κ2) is 5.51. The summed E-state index contributed by atoms with van der Waals surface area (Å²) >= 11 is 5.99. The summed E-state index contributed by atoms with van der Waals surface area (Å²) in [6.07, 6.45) is 0. The van der Waals surface area contributed by atoms with E-state index in [1.807, 2.05) is 19.9 Å². The Labute approximate surface area is 138 Å². The van der Waals surface area contributed by atoms with Crippen molar-refractivity contribution in [3.05, 3.63) is 69.0 Å². The molecule has 0 aliphatic rings. The highest BCUT2D eigenvalue weighted by Crippen LogP contribution is 2.29. The summed E-state index contributed by atoms with van der Waals surface area (Å²) < 4.78 is 26.0. The zero-order valence-electron chi connectivity index (χ0n) is 12.6. The van der Waals surface area contributed by atoms with E-state index in [4.69, 9.17) is 11.6 Å². The molecule has 3 aromatic rings. The lowest BCUT2D eigenvalue weighted by Crippen LogP contribution is -2.11. The zero-order valence-corrected chi connectivity index (χ0v) is 14.1. The molecule has 0 spiro atoms. The van der Waals surface area contributed by atoms with Gasteiger partial charge < -0.3 is 4.98 Å². The van der Waals surface area contributed by atoms with Gasteiger partial charge in [0, 0.05) is 22.0 Å². The van der Waals surface area contributed by atoms with E-state index in [0.717, 1.165) is 17.2 Å². The first kappa shape index (κ1) is 15.8. The predicted molar refractivity (Wildman–Crippen MR) is 90.9 cm³/mol. The Balaban J connectivity index is 2.38. The molecule has 23 heavy (non-hydrogen) atoms. The Morgan fingerprint density at radius 3 is 2.26 bits per heavy atom. The Hall–Kier alpha value is -2.11. The number of rotatable bonds is 2. The van der Waals surface area contributed by atoms with Crippen molar-refractivity contribution in [2.24, 2.45) is 0 Å². The van der Waals surface area contributed by atoms with Gasteiger partial charge in [-0.25, -0.2) is 8.42 Å². The molecule has 1 aromatic heterocycles. The average Bonchev–Trinajstić information content (AvgIpc) is 2.46. The normalized spacial score (nSPS) is 11.8. The van der Waals surface area contributed by atoms with Crippen LogP contribution < -0.4 is 5.56 Å². The minimum Gasteiger partial charge on any atom is -0.322 e. The van der Waals surface area contributed by atoms with E-state index < -0.39 is 15.4 Å². The largest absolute Gasteiger partial charge is 0.322 e. The molecular formula is C17H14ClNO3S. The molecule has 2 aromatic carbocycles. The molecule has 0 saturated heterocycles. The standard InChI is InChI=1S/C17H14ClNO3S/c1-10-5-11(2)7-13(6-10)23(21,22)16-9-17(20)19-15-4-3-12(18)8-14(15)16/h3-9H,1-2H3,(H,19,20). The van der Waals surface area contributed by atoms with E-state index in [2.05, 4.69) is 4.98 Å². The molecule has 1 N–H and O–H groups in total. The highest BCUT2D eigenvalue weighted by atomic mass is 35.5. The molecule has 0 radical (unpaired) electrons. The fourth-order valence-corrected chi connectivity index (χ4v) is 4.46. The molecule has 0 fully saturated rings. The second-order valence-corrected chi connectivity index (χ2v) is 7.87. The molecule has 0 amide bonds. The average molecular weight is 348 g/mol. The number of pyridine rings is 1. The van der Waals surface area contributed by atoms with Crippen molar-refractivity contribution in [1.29, 1.82) is 0 Å². The van der Waals surface area contributed by atoms with Crippen LogP contribution in [0.4, 0.5) is 0 Å². The molecule has 118 valence electrons. The Morgan fingerprint density at radius 2 is 1.61 bits per heavy atom. The number of hydrogen-bond donors (Lipinski definition) is 1. The van der Waals surface area contributed by atoms with Crippen LogP contribution >= 0.6 is 11.6 Å². The van der Waals surface area contributed by atoms with Crippen molar-refractivity contribution in [2.45, 2.75) is 23.6 Å². The van der Waals surface area contributed by atoms with Crippen molar-refractivity contribution in [1.82, 2.24) is 4.98 Å². The summed E-state index contributed by atoms with van der Waals surface area (Å²) in [5.41, 5.74) is 1.65. The van der Waals surface area contributed by atoms with Crippen molar-refractivity contribution in [3.8, 4) is 0 Å². The number of benzene rings is 2. The first-order chi connectivity index (χ1) is 10.8. The fourth-order valence-electron chi connectivity index (χ4n) is 2.63. The highest BCUT2D eigenvalue weighted by Gasteiger charge is 2.22. The lowest BCUT2D eigenvalue weighted by Gasteiger charge is -2.10. The second-order valence-electron chi connectivity index (χ2n) is 5.51. The third-order valence-corrected chi connectivity index (χ3v) is 5.57. The molecule has 1 heterocycles. The van der Waals surface area contributed by atoms with Crippen LogP contribution in [0.5, 0.6) is 0 Å². The van der Waals surface area contributed by atoms with Gasteiger partial charge in [0.25, 0.3) is 0 Å². The van der Waals surface area contributed by atoms with Gasteiger partial charge in [-0.05, 0) is 55.3 Å². The van der Waals surface area contributed by atoms with E-state index in [9.17, 15) is 13.2 Å². The molecular weight excluding hydrogens is 334 g/mol. The van der Waals surface area contributed by atoms with Crippen LogP contribution in [-0.4, -0.2) is 13.4 Å². The minimum absolute atomic E-state index is 0.0382. The zero-order chi connectivity index (χ0) is 16.8. The minimum atomic E-state index is -3.83. The Bertz CT molecular complexity index is 1060. The summed E-state index contributed by atoms with van der Waals surface area (Å²) in [6, 6.07) is 10.9. The van der Waals surface area contributed by atoms with Crippen molar-refractivity contribution < 1.29 is 8.42 Å². The monoisotopic (exact) mass is 347 g/mol. The van der Waals surface area contributed by atoms with Crippen LogP contribution in [0.15, 0.2) is 57.1 Å². The van der Waals surface area contributed by atoms with Gasteiger partial charge in [0.15, 0.2) is 0 Å². The van der Waals surface area contributed by atoms with E-state index in [0.29, 0.717) is 15.9 Å². The number of aromatic nitrogens is 1. The van der Waals surface area contributed by atoms with E-state index >= 15 is 0 Å². The number of sulfone groups is 1. The number of fused-ring (bicyclic) bond motifs is 1. The first-order valence-corrected chi connectivity index (χ1v) is 8.79. The molecule has 0 unspecified atom stereocenters.